The molecule has 1 N–H and O–H groups in total. The molecule has 1 fully saturated rings. The number of rotatable bonds is 7. The average molecular weight is 588 g/mol. The van der Waals surface area contributed by atoms with E-state index in [2.05, 4.69) is 17.2 Å². The Balaban J connectivity index is 1.35. The van der Waals surface area contributed by atoms with Gasteiger partial charge in [-0.1, -0.05) is 31.0 Å². The first-order chi connectivity index (χ1) is 19.5. The number of alkyl halides is 3. The molecule has 1 aromatic heterocycles. The predicted molar refractivity (Wildman–Crippen MR) is 143 cm³/mol. The van der Waals surface area contributed by atoms with Gasteiger partial charge in [0.15, 0.2) is 0 Å². The van der Waals surface area contributed by atoms with E-state index >= 15 is 0 Å². The monoisotopic (exact) mass is 587 g/mol. The SMILES string of the molecule is CC[C@H]1CN2c3cc(OCc4ccc(Oc5ccc(Cl)c(C(F)(F)F)c5)c(C#N)c4)nc(=O)n3C[C@@]2(C(=O)NC)C1. The number of amides is 1. The van der Waals surface area contributed by atoms with Crippen LogP contribution in [0, 0.1) is 17.2 Å². The van der Waals surface area contributed by atoms with E-state index in [4.69, 9.17) is 21.1 Å². The number of nitrogens with one attached hydrogen (secondary N) is 1. The zero-order valence-corrected chi connectivity index (χ0v) is 22.8. The van der Waals surface area contributed by atoms with Crippen molar-refractivity contribution in [3.05, 3.63) is 74.7 Å². The Labute approximate surface area is 238 Å². The molecular formula is C28H25ClF3N5O4. The molecule has 2 aliphatic heterocycles. The van der Waals surface area contributed by atoms with Gasteiger partial charge >= 0.3 is 11.9 Å². The van der Waals surface area contributed by atoms with E-state index in [0.717, 1.165) is 18.6 Å². The van der Waals surface area contributed by atoms with E-state index < -0.39 is 28.0 Å². The highest BCUT2D eigenvalue weighted by Gasteiger charge is 2.55. The number of ether oxygens (including phenoxy) is 2. The quantitative estimate of drug-likeness (QED) is 0.419. The van der Waals surface area contributed by atoms with Crippen molar-refractivity contribution in [2.45, 2.75) is 44.6 Å². The van der Waals surface area contributed by atoms with Crippen LogP contribution in [0.15, 0.2) is 47.3 Å². The fraction of sp³-hybridized carbons (Fsp3) is 0.357. The number of likely N-dealkylation sites (N-methyl/N-ethyl adjacent to an activating group) is 1. The molecule has 0 aliphatic carbocycles. The minimum absolute atomic E-state index is 0.0469. The Morgan fingerprint density at radius 3 is 2.73 bits per heavy atom. The number of fused-ring (bicyclic) bond motifs is 3. The van der Waals surface area contributed by atoms with E-state index in [1.807, 2.05) is 11.0 Å². The van der Waals surface area contributed by atoms with Gasteiger partial charge in [0.1, 0.15) is 35.5 Å². The van der Waals surface area contributed by atoms with Crippen molar-refractivity contribution in [3.63, 3.8) is 0 Å². The second-order valence-corrected chi connectivity index (χ2v) is 10.4. The van der Waals surface area contributed by atoms with Crippen molar-refractivity contribution in [1.29, 1.82) is 5.26 Å². The topological polar surface area (TPSA) is 109 Å². The number of halogens is 4. The molecule has 3 aromatic rings. The zero-order chi connectivity index (χ0) is 29.5. The molecule has 1 saturated heterocycles. The number of anilines is 1. The molecule has 2 aliphatic rings. The van der Waals surface area contributed by atoms with Crippen LogP contribution in [0.4, 0.5) is 19.0 Å². The fourth-order valence-corrected chi connectivity index (χ4v) is 5.66. The highest BCUT2D eigenvalue weighted by molar-refractivity contribution is 6.31. The van der Waals surface area contributed by atoms with Crippen LogP contribution in [-0.2, 0) is 24.1 Å². The van der Waals surface area contributed by atoms with Crippen LogP contribution in [0.1, 0.15) is 36.5 Å². The smallest absolute Gasteiger partial charge is 0.417 e. The lowest BCUT2D eigenvalue weighted by Gasteiger charge is -2.30. The lowest BCUT2D eigenvalue weighted by Crippen LogP contribution is -2.53. The highest BCUT2D eigenvalue weighted by Crippen LogP contribution is 2.45. The van der Waals surface area contributed by atoms with Crippen LogP contribution in [0.5, 0.6) is 17.4 Å². The lowest BCUT2D eigenvalue weighted by atomic mass is 9.90. The second kappa shape index (κ2) is 10.6. The molecule has 2 atom stereocenters. The summed E-state index contributed by atoms with van der Waals surface area (Å²) in [4.78, 5) is 31.8. The number of hydrogen-bond acceptors (Lipinski definition) is 7. The first kappa shape index (κ1) is 28.3. The largest absolute Gasteiger partial charge is 0.473 e. The summed E-state index contributed by atoms with van der Waals surface area (Å²) in [7, 11) is 1.58. The first-order valence-electron chi connectivity index (χ1n) is 12.8. The van der Waals surface area contributed by atoms with Crippen LogP contribution >= 0.6 is 11.6 Å². The molecule has 0 radical (unpaired) electrons. The van der Waals surface area contributed by atoms with Crippen LogP contribution in [-0.4, -0.2) is 34.6 Å². The van der Waals surface area contributed by atoms with Crippen LogP contribution in [0.2, 0.25) is 5.02 Å². The summed E-state index contributed by atoms with van der Waals surface area (Å²) >= 11 is 5.67. The molecule has 1 amide bonds. The molecule has 0 spiro atoms. The minimum Gasteiger partial charge on any atom is -0.473 e. The standard InChI is InChI=1S/C28H25ClF3N5O4/c1-3-16-11-27(25(38)34-2)15-36-24(37(27)13-16)10-23(35-26(36)39)40-14-17-4-7-22(18(8-17)12-33)41-19-5-6-21(29)20(9-19)28(30,31)32/h4-10,16H,3,11,13-15H2,1-2H3,(H,34,38)/t16-,27-/m1/s1. The minimum atomic E-state index is -4.67. The molecule has 9 nitrogen and oxygen atoms in total. The van der Waals surface area contributed by atoms with Gasteiger partial charge in [-0.2, -0.15) is 23.4 Å². The number of benzene rings is 2. The molecule has 0 saturated carbocycles. The van der Waals surface area contributed by atoms with Gasteiger partial charge in [-0.05, 0) is 48.2 Å². The Kier molecular flexibility index (Phi) is 7.33. The average Bonchev–Trinajstić information content (AvgIpc) is 3.47. The molecule has 3 heterocycles. The molecule has 13 heteroatoms. The Morgan fingerprint density at radius 2 is 2.05 bits per heavy atom. The summed E-state index contributed by atoms with van der Waals surface area (Å²) in [6, 6.07) is 11.2. The van der Waals surface area contributed by atoms with Crippen LogP contribution < -0.4 is 25.4 Å². The van der Waals surface area contributed by atoms with Gasteiger partial charge in [0.05, 0.1) is 22.7 Å². The Morgan fingerprint density at radius 1 is 1.27 bits per heavy atom. The van der Waals surface area contributed by atoms with Gasteiger partial charge in [0.2, 0.25) is 11.8 Å². The number of carbonyl (C=O) groups is 1. The predicted octanol–water partition coefficient (Wildman–Crippen LogP) is 4.89. The van der Waals surface area contributed by atoms with Crippen molar-refractivity contribution in [1.82, 2.24) is 14.9 Å². The van der Waals surface area contributed by atoms with Gasteiger partial charge in [-0.15, -0.1) is 0 Å². The number of nitriles is 1. The van der Waals surface area contributed by atoms with Crippen LogP contribution in [0.3, 0.4) is 0 Å². The molecular weight excluding hydrogens is 563 g/mol. The molecule has 214 valence electrons. The van der Waals surface area contributed by atoms with Gasteiger partial charge in [0, 0.05) is 19.7 Å². The number of hydrogen-bond donors (Lipinski definition) is 1. The maximum atomic E-state index is 13.2. The summed E-state index contributed by atoms with van der Waals surface area (Å²) < 4.78 is 52.4. The molecule has 2 aromatic carbocycles. The number of nitrogens with zero attached hydrogens (tertiary/aromatic N) is 4. The molecule has 0 unspecified atom stereocenters. The molecule has 5 rings (SSSR count). The summed E-state index contributed by atoms with van der Waals surface area (Å²) in [5.41, 5.74) is -1.84. The van der Waals surface area contributed by atoms with Crippen LogP contribution in [0.25, 0.3) is 0 Å². The maximum Gasteiger partial charge on any atom is 0.417 e. The van der Waals surface area contributed by atoms with Crippen molar-refractivity contribution in [2.24, 2.45) is 5.92 Å². The Bertz CT molecular complexity index is 1620. The number of aromatic nitrogens is 2. The van der Waals surface area contributed by atoms with Gasteiger partial charge in [-0.3, -0.25) is 9.36 Å². The van der Waals surface area contributed by atoms with E-state index in [1.165, 1.54) is 22.8 Å². The zero-order valence-electron chi connectivity index (χ0n) is 22.1. The summed E-state index contributed by atoms with van der Waals surface area (Å²) in [6.45, 7) is 2.84. The number of carbonyl (C=O) groups excluding carboxylic acids is 1. The first-order valence-corrected chi connectivity index (χ1v) is 13.2. The lowest BCUT2D eigenvalue weighted by molar-refractivity contribution is -0.137. The summed E-state index contributed by atoms with van der Waals surface area (Å²) in [6.07, 6.45) is -3.14. The van der Waals surface area contributed by atoms with E-state index in [0.29, 0.717) is 30.3 Å². The third kappa shape index (κ3) is 5.17. The fourth-order valence-electron chi connectivity index (χ4n) is 5.43. The maximum absolute atomic E-state index is 13.2. The van der Waals surface area contributed by atoms with Crippen molar-refractivity contribution < 1.29 is 27.4 Å². The van der Waals surface area contributed by atoms with Crippen molar-refractivity contribution in [2.75, 3.05) is 18.5 Å². The summed E-state index contributed by atoms with van der Waals surface area (Å²) in [5.74, 6) is 0.678. The second-order valence-electron chi connectivity index (χ2n) is 9.99. The third-order valence-corrected chi connectivity index (χ3v) is 7.82. The molecule has 41 heavy (non-hydrogen) atoms. The van der Waals surface area contributed by atoms with Gasteiger partial charge in [0.25, 0.3) is 0 Å². The third-order valence-electron chi connectivity index (χ3n) is 7.50. The normalized spacial score (nSPS) is 19.3. The van der Waals surface area contributed by atoms with E-state index in [-0.39, 0.29) is 42.0 Å². The van der Waals surface area contributed by atoms with Gasteiger partial charge < -0.3 is 19.7 Å². The van der Waals surface area contributed by atoms with Gasteiger partial charge in [-0.25, -0.2) is 4.79 Å². The van der Waals surface area contributed by atoms with Crippen molar-refractivity contribution >= 4 is 23.3 Å². The highest BCUT2D eigenvalue weighted by atomic mass is 35.5. The Hall–Kier alpha value is -4.24. The van der Waals surface area contributed by atoms with E-state index in [9.17, 15) is 28.0 Å². The molecule has 0 bridgehead atoms. The van der Waals surface area contributed by atoms with Crippen molar-refractivity contribution in [3.8, 4) is 23.4 Å². The van der Waals surface area contributed by atoms with E-state index in [1.54, 1.807) is 19.2 Å². The summed E-state index contributed by atoms with van der Waals surface area (Å²) in [5, 5.41) is 11.9.